The Bertz CT molecular complexity index is 876. The number of hydrogen-bond acceptors (Lipinski definition) is 2. The zero-order valence-corrected chi connectivity index (χ0v) is 13.4. The topological polar surface area (TPSA) is 40.5 Å². The van der Waals surface area contributed by atoms with E-state index >= 15 is 0 Å². The van der Waals surface area contributed by atoms with Crippen molar-refractivity contribution in [3.63, 3.8) is 0 Å². The highest BCUT2D eigenvalue weighted by molar-refractivity contribution is 6.31. The number of carbonyl (C=O) groups excluding carboxylic acids is 1. The molecule has 0 heterocycles. The van der Waals surface area contributed by atoms with Gasteiger partial charge in [-0.15, -0.1) is 0 Å². The molecule has 0 saturated heterocycles. The van der Waals surface area contributed by atoms with E-state index in [4.69, 9.17) is 11.6 Å². The molecule has 0 aromatic heterocycles. The predicted octanol–water partition coefficient (Wildman–Crippen LogP) is 4.47. The Kier molecular flexibility index (Phi) is 4.22. The lowest BCUT2D eigenvalue weighted by Gasteiger charge is -2.19. The predicted molar refractivity (Wildman–Crippen MR) is 92.9 cm³/mol. The number of rotatable bonds is 3. The van der Waals surface area contributed by atoms with E-state index in [-0.39, 0.29) is 11.7 Å². The highest BCUT2D eigenvalue weighted by atomic mass is 35.5. The summed E-state index contributed by atoms with van der Waals surface area (Å²) >= 11 is 6.14. The zero-order chi connectivity index (χ0) is 16.4. The minimum absolute atomic E-state index is 0.0142. The molecule has 116 valence electrons. The van der Waals surface area contributed by atoms with Gasteiger partial charge < -0.3 is 10.0 Å². The van der Waals surface area contributed by atoms with Crippen LogP contribution in [-0.4, -0.2) is 23.0 Å². The van der Waals surface area contributed by atoms with E-state index in [2.05, 4.69) is 0 Å². The molecule has 1 amide bonds. The minimum atomic E-state index is -0.242. The van der Waals surface area contributed by atoms with Gasteiger partial charge in [0.1, 0.15) is 5.75 Å². The SMILES string of the molecule is CN(Cc1ccccc1Cl)C(=O)c1cc2ccccc2cc1O. The molecule has 0 spiro atoms. The highest BCUT2D eigenvalue weighted by Crippen LogP contribution is 2.26. The van der Waals surface area contributed by atoms with Gasteiger partial charge in [-0.3, -0.25) is 4.79 Å². The van der Waals surface area contributed by atoms with Gasteiger partial charge in [0, 0.05) is 18.6 Å². The van der Waals surface area contributed by atoms with Gasteiger partial charge in [0.15, 0.2) is 0 Å². The molecule has 1 N–H and O–H groups in total. The Morgan fingerprint density at radius 3 is 2.35 bits per heavy atom. The Labute approximate surface area is 139 Å². The van der Waals surface area contributed by atoms with E-state index in [1.165, 1.54) is 0 Å². The number of carbonyl (C=O) groups is 1. The van der Waals surface area contributed by atoms with Gasteiger partial charge in [-0.2, -0.15) is 0 Å². The summed E-state index contributed by atoms with van der Waals surface area (Å²) < 4.78 is 0. The van der Waals surface area contributed by atoms with Crippen LogP contribution in [0.1, 0.15) is 15.9 Å². The second-order valence-electron chi connectivity index (χ2n) is 5.47. The number of aromatic hydroxyl groups is 1. The van der Waals surface area contributed by atoms with Gasteiger partial charge in [0.05, 0.1) is 5.56 Å². The fourth-order valence-electron chi connectivity index (χ4n) is 2.56. The average molecular weight is 326 g/mol. The fourth-order valence-corrected chi connectivity index (χ4v) is 2.75. The van der Waals surface area contributed by atoms with Gasteiger partial charge >= 0.3 is 0 Å². The quantitative estimate of drug-likeness (QED) is 0.771. The lowest BCUT2D eigenvalue weighted by atomic mass is 10.0. The van der Waals surface area contributed by atoms with Crippen molar-refractivity contribution in [3.8, 4) is 5.75 Å². The first kappa shape index (κ1) is 15.4. The number of phenols is 1. The maximum atomic E-state index is 12.6. The van der Waals surface area contributed by atoms with Crippen molar-refractivity contribution in [2.75, 3.05) is 7.05 Å². The molecule has 0 aliphatic rings. The summed E-state index contributed by atoms with van der Waals surface area (Å²) in [4.78, 5) is 14.2. The number of fused-ring (bicyclic) bond motifs is 1. The van der Waals surface area contributed by atoms with Crippen molar-refractivity contribution < 1.29 is 9.90 Å². The van der Waals surface area contributed by atoms with Crippen LogP contribution in [0.2, 0.25) is 5.02 Å². The number of halogens is 1. The molecule has 0 radical (unpaired) electrons. The normalized spacial score (nSPS) is 10.7. The first-order chi connectivity index (χ1) is 11.1. The van der Waals surface area contributed by atoms with Crippen molar-refractivity contribution in [3.05, 3.63) is 76.8 Å². The van der Waals surface area contributed by atoms with Crippen LogP contribution in [0.25, 0.3) is 10.8 Å². The van der Waals surface area contributed by atoms with Gasteiger partial charge in [-0.05, 0) is 34.5 Å². The Hall–Kier alpha value is -2.52. The number of phenolic OH excluding ortho intramolecular Hbond substituents is 1. The average Bonchev–Trinajstić information content (AvgIpc) is 2.55. The van der Waals surface area contributed by atoms with Crippen molar-refractivity contribution in [1.82, 2.24) is 4.90 Å². The Balaban J connectivity index is 1.90. The molecule has 4 heteroatoms. The summed E-state index contributed by atoms with van der Waals surface area (Å²) in [5.41, 5.74) is 1.16. The maximum absolute atomic E-state index is 12.6. The highest BCUT2D eigenvalue weighted by Gasteiger charge is 2.17. The summed E-state index contributed by atoms with van der Waals surface area (Å²) in [5.74, 6) is -0.257. The number of hydrogen-bond donors (Lipinski definition) is 1. The van der Waals surface area contributed by atoms with Gasteiger partial charge in [-0.1, -0.05) is 54.1 Å². The molecular weight excluding hydrogens is 310 g/mol. The van der Waals surface area contributed by atoms with Crippen LogP contribution < -0.4 is 0 Å². The van der Waals surface area contributed by atoms with Gasteiger partial charge in [0.2, 0.25) is 0 Å². The molecule has 0 saturated carbocycles. The van der Waals surface area contributed by atoms with Crippen LogP contribution in [-0.2, 0) is 6.54 Å². The molecule has 0 unspecified atom stereocenters. The van der Waals surface area contributed by atoms with Crippen LogP contribution in [0.15, 0.2) is 60.7 Å². The monoisotopic (exact) mass is 325 g/mol. The zero-order valence-electron chi connectivity index (χ0n) is 12.7. The Morgan fingerprint density at radius 2 is 1.65 bits per heavy atom. The molecule has 0 atom stereocenters. The first-order valence-corrected chi connectivity index (χ1v) is 7.64. The Morgan fingerprint density at radius 1 is 1.04 bits per heavy atom. The van der Waals surface area contributed by atoms with Crippen molar-refractivity contribution in [2.24, 2.45) is 0 Å². The van der Waals surface area contributed by atoms with Crippen LogP contribution >= 0.6 is 11.6 Å². The number of amides is 1. The van der Waals surface area contributed by atoms with E-state index in [1.807, 2.05) is 42.5 Å². The third kappa shape index (κ3) is 3.15. The standard InChI is InChI=1S/C19H16ClNO2/c1-21(12-15-8-4-5-9-17(15)20)19(23)16-10-13-6-2-3-7-14(13)11-18(16)22/h2-11,22H,12H2,1H3. The van der Waals surface area contributed by atoms with E-state index in [9.17, 15) is 9.90 Å². The fraction of sp³-hybridized carbons (Fsp3) is 0.105. The molecule has 3 aromatic carbocycles. The molecule has 0 aliphatic heterocycles. The first-order valence-electron chi connectivity index (χ1n) is 7.27. The van der Waals surface area contributed by atoms with Gasteiger partial charge in [-0.25, -0.2) is 0 Å². The van der Waals surface area contributed by atoms with E-state index < -0.39 is 0 Å². The largest absolute Gasteiger partial charge is 0.507 e. The van der Waals surface area contributed by atoms with Crippen molar-refractivity contribution >= 4 is 28.3 Å². The smallest absolute Gasteiger partial charge is 0.257 e. The maximum Gasteiger partial charge on any atom is 0.257 e. The van der Waals surface area contributed by atoms with Crippen molar-refractivity contribution in [1.29, 1.82) is 0 Å². The second kappa shape index (κ2) is 6.31. The molecule has 0 fully saturated rings. The summed E-state index contributed by atoms with van der Waals surface area (Å²) in [5, 5.41) is 12.6. The minimum Gasteiger partial charge on any atom is -0.507 e. The van der Waals surface area contributed by atoms with Gasteiger partial charge in [0.25, 0.3) is 5.91 Å². The molecule has 3 rings (SSSR count). The summed E-state index contributed by atoms with van der Waals surface area (Å²) in [6, 6.07) is 18.4. The molecule has 3 nitrogen and oxygen atoms in total. The lowest BCUT2D eigenvalue weighted by Crippen LogP contribution is -2.26. The van der Waals surface area contributed by atoms with E-state index in [0.717, 1.165) is 16.3 Å². The van der Waals surface area contributed by atoms with E-state index in [1.54, 1.807) is 30.1 Å². The summed E-state index contributed by atoms with van der Waals surface area (Å²) in [7, 11) is 1.69. The van der Waals surface area contributed by atoms with Crippen LogP contribution in [0.3, 0.4) is 0 Å². The molecule has 3 aromatic rings. The number of nitrogens with zero attached hydrogens (tertiary/aromatic N) is 1. The van der Waals surface area contributed by atoms with Crippen LogP contribution in [0.5, 0.6) is 5.75 Å². The molecular formula is C19H16ClNO2. The summed E-state index contributed by atoms with van der Waals surface area (Å²) in [6.07, 6.45) is 0. The van der Waals surface area contributed by atoms with Crippen molar-refractivity contribution in [2.45, 2.75) is 6.54 Å². The number of benzene rings is 3. The second-order valence-corrected chi connectivity index (χ2v) is 5.88. The van der Waals surface area contributed by atoms with Crippen LogP contribution in [0.4, 0.5) is 0 Å². The van der Waals surface area contributed by atoms with Crippen LogP contribution in [0, 0.1) is 0 Å². The molecule has 0 aliphatic carbocycles. The lowest BCUT2D eigenvalue weighted by molar-refractivity contribution is 0.0782. The summed E-state index contributed by atoms with van der Waals surface area (Å²) in [6.45, 7) is 0.380. The molecule has 0 bridgehead atoms. The third-order valence-electron chi connectivity index (χ3n) is 3.81. The molecule has 23 heavy (non-hydrogen) atoms. The third-order valence-corrected chi connectivity index (χ3v) is 4.18. The van der Waals surface area contributed by atoms with E-state index in [0.29, 0.717) is 17.1 Å².